The predicted molar refractivity (Wildman–Crippen MR) is 109 cm³/mol. The van der Waals surface area contributed by atoms with E-state index in [-0.39, 0.29) is 28.5 Å². The fraction of sp³-hybridized carbons (Fsp3) is 0.556. The van der Waals surface area contributed by atoms with Crippen LogP contribution in [-0.2, 0) is 14.8 Å². The van der Waals surface area contributed by atoms with Crippen LogP contribution in [0.4, 0.5) is 5.69 Å². The van der Waals surface area contributed by atoms with E-state index in [1.807, 2.05) is 32.0 Å². The number of sulfonamides is 1. The fourth-order valence-electron chi connectivity index (χ4n) is 3.43. The number of aromatic nitrogens is 1. The highest BCUT2D eigenvalue weighted by atomic mass is 32.2. The van der Waals surface area contributed by atoms with E-state index in [4.69, 9.17) is 0 Å². The number of fused-ring (bicyclic) bond motifs is 1. The van der Waals surface area contributed by atoms with Gasteiger partial charge in [-0.3, -0.25) is 14.2 Å². The Morgan fingerprint density at radius 2 is 1.96 bits per heavy atom. The van der Waals surface area contributed by atoms with Crippen molar-refractivity contribution in [3.05, 3.63) is 27.9 Å². The third kappa shape index (κ3) is 4.09. The zero-order valence-electron chi connectivity index (χ0n) is 15.8. The van der Waals surface area contributed by atoms with Crippen molar-refractivity contribution in [3.8, 4) is 0 Å². The zero-order chi connectivity index (χ0) is 19.8. The Kier molecular flexibility index (Phi) is 5.73. The van der Waals surface area contributed by atoms with Gasteiger partial charge in [0.05, 0.1) is 16.0 Å². The van der Waals surface area contributed by atoms with Crippen molar-refractivity contribution < 1.29 is 13.2 Å². The molecule has 148 valence electrons. The zero-order valence-corrected chi connectivity index (χ0v) is 17.4. The lowest BCUT2D eigenvalue weighted by atomic mass is 9.97. The number of carbonyl (C=O) groups excluding carboxylic acids is 1. The van der Waals surface area contributed by atoms with Gasteiger partial charge < -0.3 is 5.32 Å². The molecule has 0 radical (unpaired) electrons. The lowest BCUT2D eigenvalue weighted by Crippen LogP contribution is -2.42. The predicted octanol–water partition coefficient (Wildman–Crippen LogP) is 2.64. The van der Waals surface area contributed by atoms with Crippen molar-refractivity contribution in [1.29, 1.82) is 0 Å². The number of hydrogen-bond acceptors (Lipinski definition) is 5. The molecule has 0 saturated carbocycles. The van der Waals surface area contributed by atoms with Crippen LogP contribution in [0.1, 0.15) is 39.7 Å². The molecule has 1 aliphatic rings. The summed E-state index contributed by atoms with van der Waals surface area (Å²) < 4.78 is 27.9. The van der Waals surface area contributed by atoms with Crippen LogP contribution >= 0.6 is 11.3 Å². The molecule has 2 aromatic rings. The number of rotatable bonds is 5. The number of carbonyl (C=O) groups is 1. The fourth-order valence-corrected chi connectivity index (χ4v) is 5.61. The second-order valence-corrected chi connectivity index (χ2v) is 10.3. The molecular formula is C18H25N3O4S2. The highest BCUT2D eigenvalue weighted by molar-refractivity contribution is 7.89. The second-order valence-electron chi connectivity index (χ2n) is 7.08. The van der Waals surface area contributed by atoms with E-state index >= 15 is 0 Å². The Morgan fingerprint density at radius 1 is 1.30 bits per heavy atom. The molecule has 0 atom stereocenters. The first kappa shape index (κ1) is 20.0. The molecule has 7 nitrogen and oxygen atoms in total. The van der Waals surface area contributed by atoms with Crippen molar-refractivity contribution in [2.75, 3.05) is 24.2 Å². The number of benzene rings is 1. The van der Waals surface area contributed by atoms with Crippen LogP contribution < -0.4 is 10.2 Å². The lowest BCUT2D eigenvalue weighted by Gasteiger charge is -2.30. The van der Waals surface area contributed by atoms with Crippen LogP contribution in [-0.4, -0.2) is 42.0 Å². The van der Waals surface area contributed by atoms with Gasteiger partial charge >= 0.3 is 4.87 Å². The van der Waals surface area contributed by atoms with Crippen molar-refractivity contribution in [2.24, 2.45) is 5.92 Å². The Bertz CT molecular complexity index is 999. The van der Waals surface area contributed by atoms with Crippen molar-refractivity contribution in [1.82, 2.24) is 8.87 Å². The Hall–Kier alpha value is -1.71. The van der Waals surface area contributed by atoms with E-state index in [9.17, 15) is 18.0 Å². The number of nitrogens with one attached hydrogen (secondary N) is 1. The van der Waals surface area contributed by atoms with Crippen LogP contribution in [0.2, 0.25) is 0 Å². The number of piperidine rings is 1. The number of nitrogens with zero attached hydrogens (tertiary/aromatic N) is 2. The summed E-state index contributed by atoms with van der Waals surface area (Å²) in [6, 6.07) is 5.58. The molecule has 3 rings (SSSR count). The van der Waals surface area contributed by atoms with Gasteiger partial charge in [0.1, 0.15) is 0 Å². The summed E-state index contributed by atoms with van der Waals surface area (Å²) in [6.45, 7) is 6.33. The molecule has 0 aliphatic carbocycles. The molecule has 1 N–H and O–H groups in total. The first-order valence-corrected chi connectivity index (χ1v) is 11.6. The molecule has 27 heavy (non-hydrogen) atoms. The number of thiazole rings is 1. The third-order valence-corrected chi connectivity index (χ3v) is 7.78. The first-order valence-electron chi connectivity index (χ1n) is 9.16. The van der Waals surface area contributed by atoms with Crippen LogP contribution in [0.5, 0.6) is 0 Å². The number of hydrogen-bond donors (Lipinski definition) is 1. The summed E-state index contributed by atoms with van der Waals surface area (Å²) in [5.74, 6) is -0.218. The smallest absolute Gasteiger partial charge is 0.308 e. The standard InChI is InChI=1S/C18H25N3O4S2/c1-4-27(24,25)20-9-7-13(8-10-20)17(22)19-14-5-6-15-16(11-14)26-18(23)21(15)12(2)3/h5-6,11-13H,4,7-10H2,1-3H3,(H,19,22). The monoisotopic (exact) mass is 411 g/mol. The normalized spacial score (nSPS) is 16.9. The summed E-state index contributed by atoms with van der Waals surface area (Å²) in [4.78, 5) is 24.7. The SMILES string of the molecule is CCS(=O)(=O)N1CCC(C(=O)Nc2ccc3c(c2)sc(=O)n3C(C)C)CC1. The number of amides is 1. The summed E-state index contributed by atoms with van der Waals surface area (Å²) in [5, 5.41) is 2.92. The Balaban J connectivity index is 1.69. The van der Waals surface area contributed by atoms with Gasteiger partial charge in [0.2, 0.25) is 15.9 Å². The van der Waals surface area contributed by atoms with E-state index in [2.05, 4.69) is 5.32 Å². The highest BCUT2D eigenvalue weighted by Crippen LogP contribution is 2.26. The van der Waals surface area contributed by atoms with Gasteiger partial charge in [0.25, 0.3) is 0 Å². The molecule has 1 aromatic heterocycles. The summed E-state index contributed by atoms with van der Waals surface area (Å²) in [5.41, 5.74) is 1.53. The van der Waals surface area contributed by atoms with E-state index in [0.717, 1.165) is 10.2 Å². The quantitative estimate of drug-likeness (QED) is 0.819. The van der Waals surface area contributed by atoms with Crippen LogP contribution in [0, 0.1) is 5.92 Å². The van der Waals surface area contributed by atoms with Crippen LogP contribution in [0.25, 0.3) is 10.2 Å². The molecule has 1 aliphatic heterocycles. The molecule has 9 heteroatoms. The third-order valence-electron chi connectivity index (χ3n) is 4.98. The highest BCUT2D eigenvalue weighted by Gasteiger charge is 2.30. The van der Waals surface area contributed by atoms with Crippen molar-refractivity contribution >= 4 is 43.2 Å². The molecule has 0 unspecified atom stereocenters. The molecule has 1 fully saturated rings. The van der Waals surface area contributed by atoms with Gasteiger partial charge in [0, 0.05) is 30.7 Å². The Morgan fingerprint density at radius 3 is 2.56 bits per heavy atom. The van der Waals surface area contributed by atoms with Crippen LogP contribution in [0.15, 0.2) is 23.0 Å². The topological polar surface area (TPSA) is 88.5 Å². The molecule has 1 saturated heterocycles. The summed E-state index contributed by atoms with van der Waals surface area (Å²) >= 11 is 1.17. The van der Waals surface area contributed by atoms with Gasteiger partial charge in [-0.2, -0.15) is 0 Å². The molecule has 0 bridgehead atoms. The number of anilines is 1. The Labute approximate surface area is 163 Å². The van der Waals surface area contributed by atoms with Gasteiger partial charge in [-0.05, 0) is 51.8 Å². The average molecular weight is 412 g/mol. The maximum Gasteiger partial charge on any atom is 0.308 e. The molecule has 1 amide bonds. The minimum absolute atomic E-state index is 0.00650. The van der Waals surface area contributed by atoms with E-state index in [1.165, 1.54) is 15.6 Å². The maximum atomic E-state index is 12.6. The minimum atomic E-state index is -3.19. The van der Waals surface area contributed by atoms with Crippen LogP contribution in [0.3, 0.4) is 0 Å². The van der Waals surface area contributed by atoms with Crippen molar-refractivity contribution in [3.63, 3.8) is 0 Å². The van der Waals surface area contributed by atoms with Gasteiger partial charge in [-0.15, -0.1) is 0 Å². The van der Waals surface area contributed by atoms with Crippen molar-refractivity contribution in [2.45, 2.75) is 39.7 Å². The van der Waals surface area contributed by atoms with E-state index in [0.29, 0.717) is 31.6 Å². The molecular weight excluding hydrogens is 386 g/mol. The molecule has 0 spiro atoms. The molecule has 1 aromatic carbocycles. The lowest BCUT2D eigenvalue weighted by molar-refractivity contribution is -0.120. The van der Waals surface area contributed by atoms with Gasteiger partial charge in [-0.1, -0.05) is 11.3 Å². The second kappa shape index (κ2) is 7.73. The van der Waals surface area contributed by atoms with Gasteiger partial charge in [0.15, 0.2) is 0 Å². The minimum Gasteiger partial charge on any atom is -0.326 e. The summed E-state index contributed by atoms with van der Waals surface area (Å²) in [7, 11) is -3.19. The average Bonchev–Trinajstić information content (AvgIpc) is 2.96. The molecule has 2 heterocycles. The van der Waals surface area contributed by atoms with E-state index in [1.54, 1.807) is 11.5 Å². The largest absolute Gasteiger partial charge is 0.326 e. The summed E-state index contributed by atoms with van der Waals surface area (Å²) in [6.07, 6.45) is 1.04. The maximum absolute atomic E-state index is 12.6. The first-order chi connectivity index (χ1) is 12.7. The van der Waals surface area contributed by atoms with E-state index < -0.39 is 10.0 Å². The van der Waals surface area contributed by atoms with Gasteiger partial charge in [-0.25, -0.2) is 12.7 Å².